The predicted octanol–water partition coefficient (Wildman–Crippen LogP) is -0.433. The number of carboxylic acid groups (broad SMARTS) is 1. The van der Waals surface area contributed by atoms with Crippen LogP contribution in [0.4, 0.5) is 0 Å². The summed E-state index contributed by atoms with van der Waals surface area (Å²) in [7, 11) is 1.16. The van der Waals surface area contributed by atoms with E-state index in [0.29, 0.717) is 0 Å². The smallest absolute Gasteiger partial charge is 0.354 e. The lowest BCUT2D eigenvalue weighted by molar-refractivity contribution is -0.156. The number of methoxy groups -OCH3 is 1. The van der Waals surface area contributed by atoms with Crippen LogP contribution in [0.3, 0.4) is 0 Å². The van der Waals surface area contributed by atoms with Crippen LogP contribution in [0.15, 0.2) is 0 Å². The summed E-state index contributed by atoms with van der Waals surface area (Å²) < 4.78 is 4.50. The Morgan fingerprint density at radius 2 is 1.80 bits per heavy atom. The van der Waals surface area contributed by atoms with Crippen molar-refractivity contribution in [3.05, 3.63) is 0 Å². The van der Waals surface area contributed by atoms with Crippen LogP contribution in [0.1, 0.15) is 20.8 Å². The Morgan fingerprint density at radius 1 is 1.33 bits per heavy atom. The summed E-state index contributed by atoms with van der Waals surface area (Å²) in [5, 5.41) is 20.2. The summed E-state index contributed by atoms with van der Waals surface area (Å²) in [5.41, 5.74) is -0.652. The number of carboxylic acids is 1. The molecule has 0 saturated heterocycles. The van der Waals surface area contributed by atoms with Gasteiger partial charge in [0.15, 0.2) is 0 Å². The number of aliphatic hydroxyl groups excluding tert-OH is 1. The highest BCUT2D eigenvalue weighted by Gasteiger charge is 2.31. The van der Waals surface area contributed by atoms with Crippen molar-refractivity contribution in [1.82, 2.24) is 5.32 Å². The molecule has 15 heavy (non-hydrogen) atoms. The number of carbonyl (C=O) groups is 2. The molecule has 0 saturated carbocycles. The van der Waals surface area contributed by atoms with Crippen LogP contribution in [0, 0.1) is 5.41 Å². The number of ether oxygens (including phenoxy) is 1. The largest absolute Gasteiger partial charge is 0.478 e. The zero-order valence-electron chi connectivity index (χ0n) is 9.27. The third kappa shape index (κ3) is 4.26. The third-order valence-corrected chi connectivity index (χ3v) is 1.80. The highest BCUT2D eigenvalue weighted by atomic mass is 16.5. The highest BCUT2D eigenvalue weighted by Crippen LogP contribution is 2.19. The summed E-state index contributed by atoms with van der Waals surface area (Å²) in [4.78, 5) is 21.9. The van der Waals surface area contributed by atoms with Gasteiger partial charge in [-0.1, -0.05) is 20.8 Å². The van der Waals surface area contributed by atoms with Gasteiger partial charge in [-0.2, -0.15) is 0 Å². The van der Waals surface area contributed by atoms with E-state index in [-0.39, 0.29) is 0 Å². The summed E-state index contributed by atoms with van der Waals surface area (Å²) in [5.74, 6) is -2.08. The molecule has 6 nitrogen and oxygen atoms in total. The molecule has 0 aliphatic carbocycles. The first-order valence-electron chi connectivity index (χ1n) is 4.44. The molecule has 0 aliphatic rings. The van der Waals surface area contributed by atoms with Gasteiger partial charge in [-0.05, 0) is 5.41 Å². The Hall–Kier alpha value is -1.14. The van der Waals surface area contributed by atoms with Gasteiger partial charge in [-0.25, -0.2) is 4.79 Å². The second-order valence-corrected chi connectivity index (χ2v) is 4.23. The van der Waals surface area contributed by atoms with E-state index in [1.807, 2.05) is 0 Å². The maximum absolute atomic E-state index is 11.4. The molecule has 0 bridgehead atoms. The number of aliphatic carboxylic acids is 1. The normalized spacial score (nSPS) is 15.5. The molecule has 0 aliphatic heterocycles. The number of amides is 1. The van der Waals surface area contributed by atoms with Gasteiger partial charge in [0.2, 0.25) is 6.23 Å². The molecule has 3 N–H and O–H groups in total. The fraction of sp³-hybridized carbons (Fsp3) is 0.778. The molecular formula is C9H17NO5. The van der Waals surface area contributed by atoms with E-state index in [1.165, 1.54) is 0 Å². The molecule has 0 aromatic carbocycles. The quantitative estimate of drug-likeness (QED) is 0.557. The van der Waals surface area contributed by atoms with Crippen LogP contribution in [0.25, 0.3) is 0 Å². The topological polar surface area (TPSA) is 95.9 Å². The van der Waals surface area contributed by atoms with Gasteiger partial charge in [0.05, 0.1) is 0 Å². The van der Waals surface area contributed by atoms with Crippen LogP contribution >= 0.6 is 0 Å². The summed E-state index contributed by atoms with van der Waals surface area (Å²) in [6.07, 6.45) is -2.72. The zero-order chi connectivity index (χ0) is 12.2. The Balaban J connectivity index is 4.42. The lowest BCUT2D eigenvalue weighted by Gasteiger charge is -2.25. The first-order chi connectivity index (χ1) is 6.70. The van der Waals surface area contributed by atoms with E-state index >= 15 is 0 Å². The summed E-state index contributed by atoms with van der Waals surface area (Å²) in [6, 6.07) is 0. The molecule has 1 amide bonds. The van der Waals surface area contributed by atoms with E-state index in [4.69, 9.17) is 5.11 Å². The van der Waals surface area contributed by atoms with Gasteiger partial charge in [-0.15, -0.1) is 0 Å². The molecule has 2 atom stereocenters. The van der Waals surface area contributed by atoms with Gasteiger partial charge in [0.1, 0.15) is 6.10 Å². The molecule has 0 rings (SSSR count). The van der Waals surface area contributed by atoms with Crippen molar-refractivity contribution >= 4 is 11.9 Å². The second kappa shape index (κ2) is 5.09. The Labute approximate surface area is 88.2 Å². The molecule has 0 fully saturated rings. The van der Waals surface area contributed by atoms with E-state index in [0.717, 1.165) is 7.11 Å². The minimum absolute atomic E-state index is 0.652. The minimum Gasteiger partial charge on any atom is -0.478 e. The van der Waals surface area contributed by atoms with Crippen molar-refractivity contribution in [2.75, 3.05) is 7.11 Å². The van der Waals surface area contributed by atoms with Crippen molar-refractivity contribution in [3.8, 4) is 0 Å². The standard InChI is InChI=1S/C9H17NO5/c1-9(2,3)5(11)6(12)10-7(15-4)8(13)14/h5,7,11H,1-4H3,(H,10,12)(H,13,14)/t5-,7?/m1/s1. The van der Waals surface area contributed by atoms with Crippen LogP contribution in [0.2, 0.25) is 0 Å². The maximum atomic E-state index is 11.4. The third-order valence-electron chi connectivity index (χ3n) is 1.80. The molecule has 0 radical (unpaired) electrons. The lowest BCUT2D eigenvalue weighted by Crippen LogP contribution is -2.49. The molecule has 6 heteroatoms. The number of rotatable bonds is 4. The zero-order valence-corrected chi connectivity index (χ0v) is 9.27. The number of carbonyl (C=O) groups excluding carboxylic acids is 1. The molecule has 0 aromatic heterocycles. The van der Waals surface area contributed by atoms with Crippen molar-refractivity contribution in [3.63, 3.8) is 0 Å². The van der Waals surface area contributed by atoms with E-state index in [1.54, 1.807) is 20.8 Å². The molecule has 0 aromatic rings. The second-order valence-electron chi connectivity index (χ2n) is 4.23. The Morgan fingerprint density at radius 3 is 2.07 bits per heavy atom. The molecule has 0 heterocycles. The van der Waals surface area contributed by atoms with Crippen LogP contribution in [-0.4, -0.2) is 41.5 Å². The van der Waals surface area contributed by atoms with Crippen LogP contribution in [0.5, 0.6) is 0 Å². The van der Waals surface area contributed by atoms with Crippen molar-refractivity contribution in [2.24, 2.45) is 5.41 Å². The number of nitrogens with one attached hydrogen (secondary N) is 1. The van der Waals surface area contributed by atoms with Crippen molar-refractivity contribution < 1.29 is 24.5 Å². The first-order valence-corrected chi connectivity index (χ1v) is 4.44. The van der Waals surface area contributed by atoms with Gasteiger partial charge in [0.25, 0.3) is 5.91 Å². The van der Waals surface area contributed by atoms with E-state index in [2.05, 4.69) is 10.1 Å². The van der Waals surface area contributed by atoms with Gasteiger partial charge in [-0.3, -0.25) is 4.79 Å². The monoisotopic (exact) mass is 219 g/mol. The van der Waals surface area contributed by atoms with Crippen molar-refractivity contribution in [1.29, 1.82) is 0 Å². The summed E-state index contributed by atoms with van der Waals surface area (Å²) >= 11 is 0. The average molecular weight is 219 g/mol. The molecular weight excluding hydrogens is 202 g/mol. The van der Waals surface area contributed by atoms with E-state index < -0.39 is 29.6 Å². The fourth-order valence-electron chi connectivity index (χ4n) is 0.823. The molecule has 0 spiro atoms. The van der Waals surface area contributed by atoms with Crippen molar-refractivity contribution in [2.45, 2.75) is 33.1 Å². The number of hydrogen-bond acceptors (Lipinski definition) is 4. The fourth-order valence-corrected chi connectivity index (χ4v) is 0.823. The maximum Gasteiger partial charge on any atom is 0.354 e. The predicted molar refractivity (Wildman–Crippen MR) is 52.0 cm³/mol. The van der Waals surface area contributed by atoms with Gasteiger partial charge in [0, 0.05) is 7.11 Å². The molecule has 88 valence electrons. The SMILES string of the molecule is COC(NC(=O)[C@@H](O)C(C)(C)C)C(=O)O. The first kappa shape index (κ1) is 13.9. The summed E-state index contributed by atoms with van der Waals surface area (Å²) in [6.45, 7) is 5.00. The highest BCUT2D eigenvalue weighted by molar-refractivity contribution is 5.85. The number of hydrogen-bond donors (Lipinski definition) is 3. The average Bonchev–Trinajstić information content (AvgIpc) is 2.10. The molecule has 1 unspecified atom stereocenters. The number of aliphatic hydroxyl groups is 1. The Bertz CT molecular complexity index is 245. The van der Waals surface area contributed by atoms with E-state index in [9.17, 15) is 14.7 Å². The van der Waals surface area contributed by atoms with Gasteiger partial charge < -0.3 is 20.3 Å². The Kier molecular flexibility index (Phi) is 4.70. The van der Waals surface area contributed by atoms with Gasteiger partial charge >= 0.3 is 5.97 Å². The minimum atomic E-state index is -1.44. The van der Waals surface area contributed by atoms with Crippen LogP contribution < -0.4 is 5.32 Å². The lowest BCUT2D eigenvalue weighted by atomic mass is 9.88. The van der Waals surface area contributed by atoms with Crippen LogP contribution in [-0.2, 0) is 14.3 Å².